The Morgan fingerprint density at radius 1 is 1.83 bits per heavy atom. The molecule has 0 amide bonds. The Morgan fingerprint density at radius 2 is 2.42 bits per heavy atom. The number of alkyl halides is 1. The van der Waals surface area contributed by atoms with E-state index < -0.39 is 17.7 Å². The van der Waals surface area contributed by atoms with Gasteiger partial charge in [0, 0.05) is 11.0 Å². The van der Waals surface area contributed by atoms with Crippen molar-refractivity contribution in [2.75, 3.05) is 5.75 Å². The predicted molar refractivity (Wildman–Crippen MR) is 44.0 cm³/mol. The summed E-state index contributed by atoms with van der Waals surface area (Å²) >= 11 is 1.40. The standard InChI is InChI=1S/C7H11FO3S/c1-4-2-7(11,3-12-4)5(8)6(9)10/h4-5,11H,2-3H2,1H3,(H,9,10). The second kappa shape index (κ2) is 3.22. The highest BCUT2D eigenvalue weighted by molar-refractivity contribution is 8.00. The number of aliphatic carboxylic acids is 1. The van der Waals surface area contributed by atoms with Gasteiger partial charge in [-0.25, -0.2) is 9.18 Å². The van der Waals surface area contributed by atoms with Crippen LogP contribution in [-0.2, 0) is 4.79 Å². The summed E-state index contributed by atoms with van der Waals surface area (Å²) in [5, 5.41) is 18.0. The van der Waals surface area contributed by atoms with Crippen molar-refractivity contribution in [1.29, 1.82) is 0 Å². The summed E-state index contributed by atoms with van der Waals surface area (Å²) in [6.45, 7) is 1.84. The second-order valence-electron chi connectivity index (χ2n) is 3.13. The zero-order valence-corrected chi connectivity index (χ0v) is 7.47. The van der Waals surface area contributed by atoms with Gasteiger partial charge >= 0.3 is 5.97 Å². The number of carboxylic acids is 1. The predicted octanol–water partition coefficient (Wildman–Crippen LogP) is 0.666. The average molecular weight is 194 g/mol. The highest BCUT2D eigenvalue weighted by atomic mass is 32.2. The van der Waals surface area contributed by atoms with Gasteiger partial charge in [0.2, 0.25) is 6.17 Å². The third-order valence-corrected chi connectivity index (χ3v) is 3.35. The van der Waals surface area contributed by atoms with Crippen molar-refractivity contribution in [2.45, 2.75) is 30.4 Å². The fourth-order valence-electron chi connectivity index (χ4n) is 1.31. The lowest BCUT2D eigenvalue weighted by atomic mass is 9.95. The molecule has 0 aromatic carbocycles. The topological polar surface area (TPSA) is 57.5 Å². The van der Waals surface area contributed by atoms with Crippen molar-refractivity contribution < 1.29 is 19.4 Å². The van der Waals surface area contributed by atoms with Gasteiger partial charge in [-0.15, -0.1) is 0 Å². The number of hydrogen-bond donors (Lipinski definition) is 2. The molecule has 12 heavy (non-hydrogen) atoms. The van der Waals surface area contributed by atoms with Gasteiger partial charge in [-0.1, -0.05) is 6.92 Å². The molecule has 0 aromatic rings. The molecule has 2 N–H and O–H groups in total. The van der Waals surface area contributed by atoms with Crippen molar-refractivity contribution in [3.63, 3.8) is 0 Å². The Morgan fingerprint density at radius 3 is 2.75 bits per heavy atom. The average Bonchev–Trinajstić information content (AvgIpc) is 2.31. The van der Waals surface area contributed by atoms with E-state index in [0.717, 1.165) is 0 Å². The molecule has 5 heteroatoms. The molecule has 3 atom stereocenters. The Kier molecular flexibility index (Phi) is 2.63. The Bertz CT molecular complexity index is 199. The van der Waals surface area contributed by atoms with Crippen molar-refractivity contribution in [1.82, 2.24) is 0 Å². The Labute approximate surface area is 74.0 Å². The second-order valence-corrected chi connectivity index (χ2v) is 4.56. The van der Waals surface area contributed by atoms with Crippen LogP contribution >= 0.6 is 11.8 Å². The first-order valence-corrected chi connectivity index (χ1v) is 4.71. The molecule has 0 radical (unpaired) electrons. The number of hydrogen-bond acceptors (Lipinski definition) is 3. The SMILES string of the molecule is CC1CC(O)(C(F)C(=O)O)CS1. The van der Waals surface area contributed by atoms with Crippen LogP contribution in [0.5, 0.6) is 0 Å². The maximum absolute atomic E-state index is 12.9. The van der Waals surface area contributed by atoms with Gasteiger partial charge in [-0.2, -0.15) is 11.8 Å². The van der Waals surface area contributed by atoms with E-state index in [-0.39, 0.29) is 17.4 Å². The van der Waals surface area contributed by atoms with E-state index >= 15 is 0 Å². The van der Waals surface area contributed by atoms with Crippen LogP contribution in [0.15, 0.2) is 0 Å². The third kappa shape index (κ3) is 1.72. The van der Waals surface area contributed by atoms with Crippen LogP contribution < -0.4 is 0 Å². The number of carbonyl (C=O) groups is 1. The molecule has 3 unspecified atom stereocenters. The Balaban J connectivity index is 2.66. The summed E-state index contributed by atoms with van der Waals surface area (Å²) in [4.78, 5) is 10.3. The molecule has 1 heterocycles. The quantitative estimate of drug-likeness (QED) is 0.678. The fourth-order valence-corrected chi connectivity index (χ4v) is 2.55. The van der Waals surface area contributed by atoms with Crippen molar-refractivity contribution >= 4 is 17.7 Å². The summed E-state index contributed by atoms with van der Waals surface area (Å²) in [5.74, 6) is -1.41. The number of rotatable bonds is 2. The highest BCUT2D eigenvalue weighted by Crippen LogP contribution is 2.37. The Hall–Kier alpha value is -0.290. The van der Waals surface area contributed by atoms with Gasteiger partial charge in [0.25, 0.3) is 0 Å². The monoisotopic (exact) mass is 194 g/mol. The summed E-state index contributed by atoms with van der Waals surface area (Å²) in [6.07, 6.45) is -1.94. The van der Waals surface area contributed by atoms with E-state index in [1.165, 1.54) is 11.8 Å². The first-order valence-electron chi connectivity index (χ1n) is 3.66. The maximum Gasteiger partial charge on any atom is 0.341 e. The lowest BCUT2D eigenvalue weighted by Gasteiger charge is -2.22. The van der Waals surface area contributed by atoms with Crippen LogP contribution in [0.1, 0.15) is 13.3 Å². The first-order chi connectivity index (χ1) is 5.46. The molecule has 3 nitrogen and oxygen atoms in total. The molecule has 0 saturated carbocycles. The van der Waals surface area contributed by atoms with E-state index in [0.29, 0.717) is 0 Å². The molecule has 0 aliphatic carbocycles. The van der Waals surface area contributed by atoms with E-state index in [4.69, 9.17) is 5.11 Å². The summed E-state index contributed by atoms with van der Waals surface area (Å²) in [6, 6.07) is 0. The lowest BCUT2D eigenvalue weighted by molar-refractivity contribution is -0.152. The molecule has 0 spiro atoms. The minimum absolute atomic E-state index is 0.132. The van der Waals surface area contributed by atoms with Crippen LogP contribution in [0, 0.1) is 0 Å². The van der Waals surface area contributed by atoms with Crippen LogP contribution in [0.4, 0.5) is 4.39 Å². The summed E-state index contributed by atoms with van der Waals surface area (Å²) in [7, 11) is 0. The molecule has 70 valence electrons. The molecule has 1 rings (SSSR count). The van der Waals surface area contributed by atoms with Gasteiger partial charge in [0.15, 0.2) is 0 Å². The normalized spacial score (nSPS) is 38.1. The van der Waals surface area contributed by atoms with Crippen LogP contribution in [0.25, 0.3) is 0 Å². The van der Waals surface area contributed by atoms with Crippen molar-refractivity contribution in [3.05, 3.63) is 0 Å². The molecule has 1 saturated heterocycles. The molecular formula is C7H11FO3S. The van der Waals surface area contributed by atoms with Gasteiger partial charge in [0.1, 0.15) is 5.60 Å². The molecule has 0 bridgehead atoms. The largest absolute Gasteiger partial charge is 0.479 e. The van der Waals surface area contributed by atoms with E-state index in [2.05, 4.69) is 0 Å². The molecule has 0 aromatic heterocycles. The summed E-state index contributed by atoms with van der Waals surface area (Å²) < 4.78 is 12.9. The molecule has 1 fully saturated rings. The summed E-state index contributed by atoms with van der Waals surface area (Å²) in [5.41, 5.74) is -1.66. The number of carboxylic acid groups (broad SMARTS) is 1. The zero-order valence-electron chi connectivity index (χ0n) is 6.66. The highest BCUT2D eigenvalue weighted by Gasteiger charge is 2.47. The minimum atomic E-state index is -2.16. The lowest BCUT2D eigenvalue weighted by Crippen LogP contribution is -2.44. The zero-order chi connectivity index (χ0) is 9.35. The third-order valence-electron chi connectivity index (χ3n) is 1.95. The first kappa shape index (κ1) is 9.80. The number of aliphatic hydroxyl groups is 1. The van der Waals surface area contributed by atoms with E-state index in [9.17, 15) is 14.3 Å². The van der Waals surface area contributed by atoms with Crippen LogP contribution in [-0.4, -0.2) is 39.0 Å². The molecule has 1 aliphatic rings. The fraction of sp³-hybridized carbons (Fsp3) is 0.857. The number of halogens is 1. The van der Waals surface area contributed by atoms with Gasteiger partial charge in [-0.3, -0.25) is 0 Å². The van der Waals surface area contributed by atoms with Gasteiger partial charge in [0.05, 0.1) is 0 Å². The van der Waals surface area contributed by atoms with E-state index in [1.807, 2.05) is 6.92 Å². The molecule has 1 aliphatic heterocycles. The number of thioether (sulfide) groups is 1. The minimum Gasteiger partial charge on any atom is -0.479 e. The van der Waals surface area contributed by atoms with Crippen molar-refractivity contribution in [3.8, 4) is 0 Å². The maximum atomic E-state index is 12.9. The molecular weight excluding hydrogens is 183 g/mol. The smallest absolute Gasteiger partial charge is 0.341 e. The van der Waals surface area contributed by atoms with Gasteiger partial charge < -0.3 is 10.2 Å². The van der Waals surface area contributed by atoms with Crippen LogP contribution in [0.2, 0.25) is 0 Å². The van der Waals surface area contributed by atoms with Crippen LogP contribution in [0.3, 0.4) is 0 Å². The van der Waals surface area contributed by atoms with Crippen molar-refractivity contribution in [2.24, 2.45) is 0 Å². The van der Waals surface area contributed by atoms with Gasteiger partial charge in [-0.05, 0) is 6.42 Å². The van der Waals surface area contributed by atoms with E-state index in [1.54, 1.807) is 0 Å².